The molecule has 0 spiro atoms. The normalized spacial score (nSPS) is 20.6. The van der Waals surface area contributed by atoms with E-state index in [2.05, 4.69) is 24.8 Å². The Kier molecular flexibility index (Phi) is 7.65. The van der Waals surface area contributed by atoms with E-state index in [1.54, 1.807) is 4.57 Å². The van der Waals surface area contributed by atoms with Crippen LogP contribution >= 0.6 is 11.8 Å². The van der Waals surface area contributed by atoms with Gasteiger partial charge in [-0.1, -0.05) is 55.9 Å². The zero-order chi connectivity index (χ0) is 25.1. The van der Waals surface area contributed by atoms with Crippen molar-refractivity contribution >= 4 is 34.3 Å². The van der Waals surface area contributed by atoms with Crippen LogP contribution < -0.4 is 10.5 Å². The molecule has 190 valence electrons. The number of hydrogen-bond donors (Lipinski definition) is 0. The van der Waals surface area contributed by atoms with E-state index in [0.717, 1.165) is 37.4 Å². The number of aromatic nitrogens is 2. The van der Waals surface area contributed by atoms with Gasteiger partial charge in [0.15, 0.2) is 5.16 Å². The molecule has 2 aromatic carbocycles. The minimum absolute atomic E-state index is 0.0436. The largest absolute Gasteiger partial charge is 0.372 e. The first kappa shape index (κ1) is 24.9. The number of hydrogen-bond acceptors (Lipinski definition) is 5. The molecule has 2 fully saturated rings. The van der Waals surface area contributed by atoms with Gasteiger partial charge in [0.2, 0.25) is 5.91 Å². The monoisotopic (exact) mass is 504 g/mol. The van der Waals surface area contributed by atoms with Gasteiger partial charge in [-0.25, -0.2) is 4.98 Å². The van der Waals surface area contributed by atoms with Crippen LogP contribution in [0.2, 0.25) is 0 Å². The third-order valence-corrected chi connectivity index (χ3v) is 8.31. The predicted octanol–water partition coefficient (Wildman–Crippen LogP) is 5.03. The van der Waals surface area contributed by atoms with E-state index < -0.39 is 0 Å². The minimum atomic E-state index is -0.0436. The van der Waals surface area contributed by atoms with Crippen LogP contribution in [0.1, 0.15) is 45.1 Å². The molecular formula is C29H36N4O2S. The lowest BCUT2D eigenvalue weighted by atomic mass is 9.92. The van der Waals surface area contributed by atoms with Gasteiger partial charge in [-0.15, -0.1) is 0 Å². The summed E-state index contributed by atoms with van der Waals surface area (Å²) in [7, 11) is 0. The third kappa shape index (κ3) is 5.61. The lowest BCUT2D eigenvalue weighted by Crippen LogP contribution is -2.43. The molecule has 2 atom stereocenters. The SMILES string of the molecule is CC1CC(C)CN(C(=O)CSc2nc3ccc(N4CCCCC4)cc3c(=O)n2Cc2ccccc2)C1. The average molecular weight is 505 g/mol. The topological polar surface area (TPSA) is 58.4 Å². The molecule has 1 amide bonds. The highest BCUT2D eigenvalue weighted by Crippen LogP contribution is 2.26. The summed E-state index contributed by atoms with van der Waals surface area (Å²) in [6, 6.07) is 16.0. The van der Waals surface area contributed by atoms with Gasteiger partial charge in [-0.2, -0.15) is 0 Å². The molecule has 0 bridgehead atoms. The second-order valence-corrected chi connectivity index (χ2v) is 11.5. The smallest absolute Gasteiger partial charge is 0.262 e. The van der Waals surface area contributed by atoms with Crippen LogP contribution in [-0.2, 0) is 11.3 Å². The second kappa shape index (κ2) is 11.1. The van der Waals surface area contributed by atoms with Gasteiger partial charge >= 0.3 is 0 Å². The van der Waals surface area contributed by atoms with Crippen LogP contribution in [0.4, 0.5) is 5.69 Å². The molecule has 36 heavy (non-hydrogen) atoms. The molecule has 2 aliphatic rings. The number of fused-ring (bicyclic) bond motifs is 1. The van der Waals surface area contributed by atoms with Crippen LogP contribution in [0.3, 0.4) is 0 Å². The average Bonchev–Trinajstić information content (AvgIpc) is 2.89. The van der Waals surface area contributed by atoms with E-state index in [-0.39, 0.29) is 17.2 Å². The van der Waals surface area contributed by atoms with Gasteiger partial charge in [0.1, 0.15) is 0 Å². The van der Waals surface area contributed by atoms with E-state index in [4.69, 9.17) is 4.98 Å². The number of carbonyl (C=O) groups is 1. The van der Waals surface area contributed by atoms with Crippen LogP contribution in [-0.4, -0.2) is 52.3 Å². The second-order valence-electron chi connectivity index (χ2n) is 10.6. The zero-order valence-corrected chi connectivity index (χ0v) is 22.2. The summed E-state index contributed by atoms with van der Waals surface area (Å²) in [5.41, 5.74) is 2.79. The van der Waals surface area contributed by atoms with Gasteiger partial charge in [0.05, 0.1) is 23.2 Å². The molecule has 3 aromatic rings. The standard InChI is InChI=1S/C29H36N4O2S/c1-21-15-22(2)18-32(17-21)27(34)20-36-29-30-26-12-11-24(31-13-7-4-8-14-31)16-25(26)28(35)33(29)19-23-9-5-3-6-10-23/h3,5-6,9-12,16,21-22H,4,7-8,13-15,17-20H2,1-2H3. The van der Waals surface area contributed by atoms with Crippen molar-refractivity contribution in [1.82, 2.24) is 14.5 Å². The van der Waals surface area contributed by atoms with E-state index in [0.29, 0.717) is 34.4 Å². The molecule has 6 nitrogen and oxygen atoms in total. The molecule has 0 aliphatic carbocycles. The van der Waals surface area contributed by atoms with E-state index in [9.17, 15) is 9.59 Å². The van der Waals surface area contributed by atoms with E-state index in [1.807, 2.05) is 47.4 Å². The number of amides is 1. The molecule has 2 aliphatic heterocycles. The first-order valence-electron chi connectivity index (χ1n) is 13.2. The van der Waals surface area contributed by atoms with Crippen molar-refractivity contribution in [3.05, 3.63) is 64.4 Å². The molecule has 0 N–H and O–H groups in total. The lowest BCUT2D eigenvalue weighted by Gasteiger charge is -2.35. The molecule has 3 heterocycles. The lowest BCUT2D eigenvalue weighted by molar-refractivity contribution is -0.130. The maximum Gasteiger partial charge on any atom is 0.262 e. The number of piperidine rings is 2. The number of thioether (sulfide) groups is 1. The van der Waals surface area contributed by atoms with Crippen molar-refractivity contribution in [2.75, 3.05) is 36.8 Å². The molecule has 2 unspecified atom stereocenters. The number of benzene rings is 2. The number of anilines is 1. The summed E-state index contributed by atoms with van der Waals surface area (Å²) in [4.78, 5) is 36.2. The summed E-state index contributed by atoms with van der Waals surface area (Å²) in [5, 5.41) is 1.25. The minimum Gasteiger partial charge on any atom is -0.372 e. The number of carbonyl (C=O) groups excluding carboxylic acids is 1. The fraction of sp³-hybridized carbons (Fsp3) is 0.483. The molecule has 2 saturated heterocycles. The molecular weight excluding hydrogens is 468 g/mol. The Hall–Kier alpha value is -2.80. The van der Waals surface area contributed by atoms with Crippen molar-refractivity contribution in [2.45, 2.75) is 51.2 Å². The molecule has 0 saturated carbocycles. The maximum absolute atomic E-state index is 13.8. The van der Waals surface area contributed by atoms with Crippen molar-refractivity contribution in [1.29, 1.82) is 0 Å². The van der Waals surface area contributed by atoms with Crippen molar-refractivity contribution < 1.29 is 4.79 Å². The first-order chi connectivity index (χ1) is 17.5. The van der Waals surface area contributed by atoms with E-state index in [1.165, 1.54) is 37.4 Å². The molecule has 7 heteroatoms. The Morgan fingerprint density at radius 1 is 1.00 bits per heavy atom. The number of likely N-dealkylation sites (tertiary alicyclic amines) is 1. The Bertz CT molecular complexity index is 1260. The van der Waals surface area contributed by atoms with Crippen molar-refractivity contribution in [2.24, 2.45) is 11.8 Å². The van der Waals surface area contributed by atoms with Crippen LogP contribution in [0, 0.1) is 11.8 Å². The molecule has 0 radical (unpaired) electrons. The summed E-state index contributed by atoms with van der Waals surface area (Å²) in [5.74, 6) is 1.45. The summed E-state index contributed by atoms with van der Waals surface area (Å²) in [6.45, 7) is 8.54. The molecule has 5 rings (SSSR count). The van der Waals surface area contributed by atoms with Crippen molar-refractivity contribution in [3.8, 4) is 0 Å². The third-order valence-electron chi connectivity index (χ3n) is 7.35. The number of rotatable bonds is 6. The fourth-order valence-electron chi connectivity index (χ4n) is 5.64. The molecule has 1 aromatic heterocycles. The van der Waals surface area contributed by atoms with Gasteiger partial charge in [-0.05, 0) is 61.3 Å². The first-order valence-corrected chi connectivity index (χ1v) is 14.2. The zero-order valence-electron chi connectivity index (χ0n) is 21.4. The summed E-state index contributed by atoms with van der Waals surface area (Å²) >= 11 is 1.38. The summed E-state index contributed by atoms with van der Waals surface area (Å²) in [6.07, 6.45) is 4.81. The number of nitrogens with zero attached hydrogens (tertiary/aromatic N) is 4. The quantitative estimate of drug-likeness (QED) is 0.348. The fourth-order valence-corrected chi connectivity index (χ4v) is 6.54. The highest BCUT2D eigenvalue weighted by Gasteiger charge is 2.26. The Labute approximate surface area is 217 Å². The van der Waals surface area contributed by atoms with Crippen molar-refractivity contribution in [3.63, 3.8) is 0 Å². The highest BCUT2D eigenvalue weighted by molar-refractivity contribution is 7.99. The van der Waals surface area contributed by atoms with Crippen LogP contribution in [0.5, 0.6) is 0 Å². The Balaban J connectivity index is 1.46. The Morgan fingerprint density at radius 2 is 1.72 bits per heavy atom. The summed E-state index contributed by atoms with van der Waals surface area (Å²) < 4.78 is 1.75. The van der Waals surface area contributed by atoms with Crippen LogP contribution in [0.25, 0.3) is 10.9 Å². The maximum atomic E-state index is 13.8. The Morgan fingerprint density at radius 3 is 2.44 bits per heavy atom. The predicted molar refractivity (Wildman–Crippen MR) is 148 cm³/mol. The van der Waals surface area contributed by atoms with Gasteiger partial charge < -0.3 is 9.80 Å². The van der Waals surface area contributed by atoms with E-state index >= 15 is 0 Å². The highest BCUT2D eigenvalue weighted by atomic mass is 32.2. The van der Waals surface area contributed by atoms with Gasteiger partial charge in [0, 0.05) is 31.9 Å². The van der Waals surface area contributed by atoms with Gasteiger partial charge in [0.25, 0.3) is 5.56 Å². The van der Waals surface area contributed by atoms with Crippen LogP contribution in [0.15, 0.2) is 58.5 Å². The van der Waals surface area contributed by atoms with Gasteiger partial charge in [-0.3, -0.25) is 14.2 Å².